The van der Waals surface area contributed by atoms with E-state index in [9.17, 15) is 9.59 Å². The quantitative estimate of drug-likeness (QED) is 0.798. The van der Waals surface area contributed by atoms with Crippen molar-refractivity contribution in [3.05, 3.63) is 30.0 Å². The van der Waals surface area contributed by atoms with Gasteiger partial charge in [-0.05, 0) is 19.4 Å². The van der Waals surface area contributed by atoms with Crippen LogP contribution in [0.25, 0.3) is 10.9 Å². The SMILES string of the molecule is CCC(C)OC(=O)c1nn(OC(C)=O)c2ccccc12. The number of carbonyl (C=O) groups excluding carboxylic acids is 2. The van der Waals surface area contributed by atoms with Gasteiger partial charge in [-0.2, -0.15) is 0 Å². The normalized spacial score (nSPS) is 12.2. The minimum absolute atomic E-state index is 0.141. The Hall–Kier alpha value is -2.37. The van der Waals surface area contributed by atoms with Crippen molar-refractivity contribution < 1.29 is 19.2 Å². The summed E-state index contributed by atoms with van der Waals surface area (Å²) in [6, 6.07) is 7.00. The maximum Gasteiger partial charge on any atom is 0.359 e. The third-order valence-corrected chi connectivity index (χ3v) is 2.85. The van der Waals surface area contributed by atoms with Crippen LogP contribution >= 0.6 is 0 Å². The first-order valence-corrected chi connectivity index (χ1v) is 6.40. The maximum absolute atomic E-state index is 12.1. The van der Waals surface area contributed by atoms with Crippen molar-refractivity contribution in [2.24, 2.45) is 0 Å². The van der Waals surface area contributed by atoms with Crippen LogP contribution in [0.15, 0.2) is 24.3 Å². The molecule has 0 spiro atoms. The number of para-hydroxylation sites is 1. The molecule has 106 valence electrons. The van der Waals surface area contributed by atoms with E-state index < -0.39 is 11.9 Å². The van der Waals surface area contributed by atoms with E-state index in [1.807, 2.05) is 13.8 Å². The molecule has 6 heteroatoms. The van der Waals surface area contributed by atoms with Crippen LogP contribution in [0.1, 0.15) is 37.7 Å². The van der Waals surface area contributed by atoms with Crippen LogP contribution in [0.5, 0.6) is 0 Å². The first kappa shape index (κ1) is 14.0. The third kappa shape index (κ3) is 2.79. The molecule has 2 rings (SSSR count). The Morgan fingerprint density at radius 3 is 2.70 bits per heavy atom. The second kappa shape index (κ2) is 5.73. The van der Waals surface area contributed by atoms with Crippen molar-refractivity contribution in [2.45, 2.75) is 33.3 Å². The van der Waals surface area contributed by atoms with Gasteiger partial charge in [-0.1, -0.05) is 30.0 Å². The molecule has 1 unspecified atom stereocenters. The zero-order valence-electron chi connectivity index (χ0n) is 11.6. The first-order chi connectivity index (χ1) is 9.52. The first-order valence-electron chi connectivity index (χ1n) is 6.40. The van der Waals surface area contributed by atoms with Crippen molar-refractivity contribution in [3.63, 3.8) is 0 Å². The molecule has 0 aliphatic heterocycles. The standard InChI is InChI=1S/C14H16N2O4/c1-4-9(2)19-14(18)13-11-7-5-6-8-12(11)16(15-13)20-10(3)17/h5-9H,4H2,1-3H3. The van der Waals surface area contributed by atoms with Gasteiger partial charge in [-0.25, -0.2) is 9.59 Å². The summed E-state index contributed by atoms with van der Waals surface area (Å²) in [6.07, 6.45) is 0.522. The van der Waals surface area contributed by atoms with Crippen molar-refractivity contribution in [1.82, 2.24) is 9.94 Å². The number of nitrogens with zero attached hydrogens (tertiary/aromatic N) is 2. The van der Waals surface area contributed by atoms with Gasteiger partial charge >= 0.3 is 11.9 Å². The van der Waals surface area contributed by atoms with Crippen LogP contribution in [0.3, 0.4) is 0 Å². The van der Waals surface area contributed by atoms with Crippen molar-refractivity contribution in [3.8, 4) is 0 Å². The van der Waals surface area contributed by atoms with E-state index in [4.69, 9.17) is 9.57 Å². The summed E-state index contributed by atoms with van der Waals surface area (Å²) >= 11 is 0. The lowest BCUT2D eigenvalue weighted by molar-refractivity contribution is -0.142. The minimum atomic E-state index is -0.526. The minimum Gasteiger partial charge on any atom is -0.458 e. The fourth-order valence-electron chi connectivity index (χ4n) is 1.70. The van der Waals surface area contributed by atoms with Gasteiger partial charge in [0.05, 0.1) is 6.10 Å². The van der Waals surface area contributed by atoms with Gasteiger partial charge in [-0.3, -0.25) is 0 Å². The topological polar surface area (TPSA) is 70.4 Å². The second-order valence-electron chi connectivity index (χ2n) is 4.45. The lowest BCUT2D eigenvalue weighted by atomic mass is 10.2. The Kier molecular flexibility index (Phi) is 4.02. The lowest BCUT2D eigenvalue weighted by Gasteiger charge is -2.08. The summed E-state index contributed by atoms with van der Waals surface area (Å²) < 4.78 is 5.26. The molecule has 0 fully saturated rings. The lowest BCUT2D eigenvalue weighted by Crippen LogP contribution is -2.19. The van der Waals surface area contributed by atoms with Crippen LogP contribution in [0.4, 0.5) is 0 Å². The molecule has 0 saturated carbocycles. The molecular weight excluding hydrogens is 260 g/mol. The average molecular weight is 276 g/mol. The number of carbonyl (C=O) groups is 2. The van der Waals surface area contributed by atoms with Gasteiger partial charge in [0.1, 0.15) is 5.52 Å². The number of ether oxygens (including phenoxy) is 1. The highest BCUT2D eigenvalue weighted by atomic mass is 16.7. The molecule has 0 radical (unpaired) electrons. The molecule has 0 N–H and O–H groups in total. The zero-order valence-corrected chi connectivity index (χ0v) is 11.6. The molecule has 20 heavy (non-hydrogen) atoms. The van der Waals surface area contributed by atoms with Crippen molar-refractivity contribution in [1.29, 1.82) is 0 Å². The average Bonchev–Trinajstić information content (AvgIpc) is 2.77. The molecule has 1 aromatic heterocycles. The maximum atomic E-state index is 12.1. The molecule has 0 aliphatic rings. The predicted octanol–water partition coefficient (Wildman–Crippen LogP) is 1.97. The summed E-state index contributed by atoms with van der Waals surface area (Å²) in [5, 5.41) is 4.60. The Bertz CT molecular complexity index is 648. The van der Waals surface area contributed by atoms with E-state index in [2.05, 4.69) is 5.10 Å². The molecular formula is C14H16N2O4. The summed E-state index contributed by atoms with van der Waals surface area (Å²) in [4.78, 5) is 29.1. The summed E-state index contributed by atoms with van der Waals surface area (Å²) in [6.45, 7) is 5.00. The monoisotopic (exact) mass is 276 g/mol. The molecule has 6 nitrogen and oxygen atoms in total. The van der Waals surface area contributed by atoms with Gasteiger partial charge in [0.25, 0.3) is 0 Å². The van der Waals surface area contributed by atoms with E-state index in [1.54, 1.807) is 24.3 Å². The highest BCUT2D eigenvalue weighted by molar-refractivity contribution is 6.02. The number of hydrogen-bond acceptors (Lipinski definition) is 5. The Labute approximate surface area is 116 Å². The summed E-state index contributed by atoms with van der Waals surface area (Å²) in [5.74, 6) is -1.04. The fraction of sp³-hybridized carbons (Fsp3) is 0.357. The molecule has 0 bridgehead atoms. The largest absolute Gasteiger partial charge is 0.458 e. The van der Waals surface area contributed by atoms with E-state index in [-0.39, 0.29) is 11.8 Å². The second-order valence-corrected chi connectivity index (χ2v) is 4.45. The molecule has 0 amide bonds. The number of rotatable bonds is 4. The fourth-order valence-corrected chi connectivity index (χ4v) is 1.70. The Balaban J connectivity index is 2.43. The van der Waals surface area contributed by atoms with E-state index >= 15 is 0 Å². The van der Waals surface area contributed by atoms with Crippen LogP contribution in [0.2, 0.25) is 0 Å². The summed E-state index contributed by atoms with van der Waals surface area (Å²) in [7, 11) is 0. The highest BCUT2D eigenvalue weighted by Gasteiger charge is 2.21. The zero-order chi connectivity index (χ0) is 14.7. The van der Waals surface area contributed by atoms with Crippen LogP contribution in [-0.2, 0) is 9.53 Å². The van der Waals surface area contributed by atoms with Gasteiger partial charge < -0.3 is 9.57 Å². The molecule has 2 aromatic rings. The van der Waals surface area contributed by atoms with Crippen LogP contribution < -0.4 is 4.84 Å². The molecule has 0 aliphatic carbocycles. The van der Waals surface area contributed by atoms with Gasteiger partial charge in [-0.15, -0.1) is 5.10 Å². The Morgan fingerprint density at radius 1 is 1.35 bits per heavy atom. The number of benzene rings is 1. The third-order valence-electron chi connectivity index (χ3n) is 2.85. The highest BCUT2D eigenvalue weighted by Crippen LogP contribution is 2.19. The molecule has 0 saturated heterocycles. The number of aromatic nitrogens is 2. The molecule has 1 heterocycles. The number of fused-ring (bicyclic) bond motifs is 1. The van der Waals surface area contributed by atoms with Gasteiger partial charge in [0, 0.05) is 12.3 Å². The van der Waals surface area contributed by atoms with E-state index in [1.165, 1.54) is 6.92 Å². The van der Waals surface area contributed by atoms with E-state index in [0.29, 0.717) is 17.3 Å². The van der Waals surface area contributed by atoms with Crippen molar-refractivity contribution >= 4 is 22.8 Å². The predicted molar refractivity (Wildman–Crippen MR) is 72.2 cm³/mol. The smallest absolute Gasteiger partial charge is 0.359 e. The molecule has 1 aromatic carbocycles. The van der Waals surface area contributed by atoms with E-state index in [0.717, 1.165) is 4.85 Å². The van der Waals surface area contributed by atoms with Gasteiger partial charge in [0.15, 0.2) is 5.69 Å². The number of esters is 1. The Morgan fingerprint density at radius 2 is 2.05 bits per heavy atom. The van der Waals surface area contributed by atoms with Gasteiger partial charge in [0.2, 0.25) is 0 Å². The molecule has 1 atom stereocenters. The van der Waals surface area contributed by atoms with Crippen LogP contribution in [-0.4, -0.2) is 28.0 Å². The van der Waals surface area contributed by atoms with Crippen molar-refractivity contribution in [2.75, 3.05) is 0 Å². The number of hydrogen-bond donors (Lipinski definition) is 0. The van der Waals surface area contributed by atoms with Crippen LogP contribution in [0, 0.1) is 0 Å². The summed E-state index contributed by atoms with van der Waals surface area (Å²) in [5.41, 5.74) is 0.681.